The quantitative estimate of drug-likeness (QED) is 0.476. The maximum absolute atomic E-state index is 10.9. The summed E-state index contributed by atoms with van der Waals surface area (Å²) in [6, 6.07) is 7.47. The Morgan fingerprint density at radius 3 is 2.65 bits per heavy atom. The molecule has 0 heterocycles. The molecule has 0 aliphatic rings. The number of hydrogen-bond donors (Lipinski definition) is 2. The summed E-state index contributed by atoms with van der Waals surface area (Å²) in [6.45, 7) is 2.35. The smallest absolute Gasteiger partial charge is 0.343 e. The lowest BCUT2D eigenvalue weighted by molar-refractivity contribution is -0.142. The number of aliphatic hydroxyl groups is 1. The predicted molar refractivity (Wildman–Crippen MR) is 73.6 cm³/mol. The van der Waals surface area contributed by atoms with Gasteiger partial charge >= 0.3 is 5.97 Å². The van der Waals surface area contributed by atoms with E-state index >= 15 is 0 Å². The molecule has 1 rings (SSSR count). The average molecular weight is 283 g/mol. The first kappa shape index (κ1) is 16.4. The SMILES string of the molecule is COC(=O)COc1ccc(CNCCOCCO)cc1. The summed E-state index contributed by atoms with van der Waals surface area (Å²) in [4.78, 5) is 10.9. The lowest BCUT2D eigenvalue weighted by Gasteiger charge is -2.07. The Hall–Kier alpha value is -1.63. The summed E-state index contributed by atoms with van der Waals surface area (Å²) in [7, 11) is 1.32. The van der Waals surface area contributed by atoms with Crippen LogP contribution in [0.4, 0.5) is 0 Å². The molecule has 0 aliphatic heterocycles. The van der Waals surface area contributed by atoms with Crippen molar-refractivity contribution in [3.8, 4) is 5.75 Å². The van der Waals surface area contributed by atoms with Crippen molar-refractivity contribution >= 4 is 5.97 Å². The Bertz CT molecular complexity index is 380. The van der Waals surface area contributed by atoms with Crippen LogP contribution in [0.2, 0.25) is 0 Å². The minimum atomic E-state index is -0.404. The zero-order valence-corrected chi connectivity index (χ0v) is 11.6. The van der Waals surface area contributed by atoms with Gasteiger partial charge in [0, 0.05) is 13.1 Å². The fraction of sp³-hybridized carbons (Fsp3) is 0.500. The molecular formula is C14H21NO5. The van der Waals surface area contributed by atoms with Crippen molar-refractivity contribution in [2.24, 2.45) is 0 Å². The molecule has 0 bridgehead atoms. The molecule has 2 N–H and O–H groups in total. The van der Waals surface area contributed by atoms with Gasteiger partial charge in [-0.1, -0.05) is 12.1 Å². The maximum Gasteiger partial charge on any atom is 0.343 e. The first-order valence-corrected chi connectivity index (χ1v) is 6.44. The van der Waals surface area contributed by atoms with Gasteiger partial charge in [0.15, 0.2) is 6.61 Å². The van der Waals surface area contributed by atoms with E-state index in [1.54, 1.807) is 0 Å². The molecule has 1 aromatic carbocycles. The molecule has 0 saturated carbocycles. The molecule has 0 atom stereocenters. The van der Waals surface area contributed by atoms with Crippen LogP contribution in [0, 0.1) is 0 Å². The van der Waals surface area contributed by atoms with Crippen LogP contribution < -0.4 is 10.1 Å². The molecular weight excluding hydrogens is 262 g/mol. The van der Waals surface area contributed by atoms with Crippen LogP contribution in [-0.4, -0.2) is 51.2 Å². The van der Waals surface area contributed by atoms with Gasteiger partial charge in [-0.15, -0.1) is 0 Å². The Kier molecular flexibility index (Phi) is 8.37. The van der Waals surface area contributed by atoms with Crippen LogP contribution >= 0.6 is 0 Å². The number of aliphatic hydroxyl groups excluding tert-OH is 1. The van der Waals surface area contributed by atoms with Gasteiger partial charge in [-0.25, -0.2) is 4.79 Å². The topological polar surface area (TPSA) is 77.0 Å². The molecule has 6 heteroatoms. The van der Waals surface area contributed by atoms with E-state index in [0.717, 1.165) is 18.7 Å². The van der Waals surface area contributed by atoms with Crippen LogP contribution in [0.1, 0.15) is 5.56 Å². The molecule has 1 aromatic rings. The van der Waals surface area contributed by atoms with Crippen molar-refractivity contribution in [1.29, 1.82) is 0 Å². The minimum Gasteiger partial charge on any atom is -0.482 e. The predicted octanol–water partition coefficient (Wildman–Crippen LogP) is 0.337. The lowest BCUT2D eigenvalue weighted by Crippen LogP contribution is -2.20. The van der Waals surface area contributed by atoms with Gasteiger partial charge in [0.2, 0.25) is 0 Å². The summed E-state index contributed by atoms with van der Waals surface area (Å²) in [5, 5.41) is 11.8. The maximum atomic E-state index is 10.9. The van der Waals surface area contributed by atoms with E-state index in [1.165, 1.54) is 7.11 Å². The fourth-order valence-corrected chi connectivity index (χ4v) is 1.45. The van der Waals surface area contributed by atoms with Crippen molar-refractivity contribution in [3.05, 3.63) is 29.8 Å². The van der Waals surface area contributed by atoms with Gasteiger partial charge in [-0.3, -0.25) is 0 Å². The van der Waals surface area contributed by atoms with Gasteiger partial charge < -0.3 is 24.6 Å². The highest BCUT2D eigenvalue weighted by Crippen LogP contribution is 2.11. The van der Waals surface area contributed by atoms with Crippen LogP contribution in [-0.2, 0) is 20.8 Å². The van der Waals surface area contributed by atoms with Gasteiger partial charge in [0.25, 0.3) is 0 Å². The third kappa shape index (κ3) is 7.08. The molecule has 0 fully saturated rings. The summed E-state index contributed by atoms with van der Waals surface area (Å²) in [5.41, 5.74) is 1.11. The van der Waals surface area contributed by atoms with E-state index in [4.69, 9.17) is 14.6 Å². The Morgan fingerprint density at radius 1 is 1.25 bits per heavy atom. The number of methoxy groups -OCH3 is 1. The summed E-state index contributed by atoms with van der Waals surface area (Å²) >= 11 is 0. The van der Waals surface area contributed by atoms with Crippen molar-refractivity contribution in [2.75, 3.05) is 40.1 Å². The zero-order valence-electron chi connectivity index (χ0n) is 11.6. The van der Waals surface area contributed by atoms with E-state index in [0.29, 0.717) is 19.0 Å². The fourth-order valence-electron chi connectivity index (χ4n) is 1.45. The van der Waals surface area contributed by atoms with Crippen molar-refractivity contribution in [2.45, 2.75) is 6.54 Å². The first-order chi connectivity index (χ1) is 9.76. The number of hydrogen-bond acceptors (Lipinski definition) is 6. The number of rotatable bonds is 10. The summed E-state index contributed by atoms with van der Waals surface area (Å²) < 4.78 is 14.9. The van der Waals surface area contributed by atoms with Crippen molar-refractivity contribution < 1.29 is 24.1 Å². The van der Waals surface area contributed by atoms with Crippen LogP contribution in [0.3, 0.4) is 0 Å². The summed E-state index contributed by atoms with van der Waals surface area (Å²) in [5.74, 6) is 0.226. The molecule has 0 radical (unpaired) electrons. The molecule has 0 saturated heterocycles. The molecule has 6 nitrogen and oxygen atoms in total. The Balaban J connectivity index is 2.19. The molecule has 20 heavy (non-hydrogen) atoms. The minimum absolute atomic E-state index is 0.0486. The van der Waals surface area contributed by atoms with Gasteiger partial charge in [-0.05, 0) is 17.7 Å². The van der Waals surface area contributed by atoms with E-state index in [2.05, 4.69) is 10.1 Å². The highest BCUT2D eigenvalue weighted by molar-refractivity contribution is 5.70. The van der Waals surface area contributed by atoms with Gasteiger partial charge in [-0.2, -0.15) is 0 Å². The molecule has 0 spiro atoms. The van der Waals surface area contributed by atoms with Crippen LogP contribution in [0.5, 0.6) is 5.75 Å². The monoisotopic (exact) mass is 283 g/mol. The lowest BCUT2D eigenvalue weighted by atomic mass is 10.2. The molecule has 0 aliphatic carbocycles. The van der Waals surface area contributed by atoms with E-state index < -0.39 is 5.97 Å². The first-order valence-electron chi connectivity index (χ1n) is 6.44. The number of benzene rings is 1. The molecule has 0 unspecified atom stereocenters. The standard InChI is InChI=1S/C14H21NO5/c1-18-14(17)11-20-13-4-2-12(3-5-13)10-15-6-8-19-9-7-16/h2-5,15-16H,6-11H2,1H3. The van der Waals surface area contributed by atoms with E-state index in [1.807, 2.05) is 24.3 Å². The van der Waals surface area contributed by atoms with Crippen molar-refractivity contribution in [3.63, 3.8) is 0 Å². The number of esters is 1. The largest absolute Gasteiger partial charge is 0.482 e. The molecule has 0 amide bonds. The second-order valence-electron chi connectivity index (χ2n) is 4.02. The van der Waals surface area contributed by atoms with E-state index in [-0.39, 0.29) is 13.2 Å². The zero-order chi connectivity index (χ0) is 14.6. The summed E-state index contributed by atoms with van der Waals surface area (Å²) in [6.07, 6.45) is 0. The van der Waals surface area contributed by atoms with Gasteiger partial charge in [0.05, 0.1) is 26.9 Å². The third-order valence-electron chi connectivity index (χ3n) is 2.50. The van der Waals surface area contributed by atoms with Crippen LogP contribution in [0.15, 0.2) is 24.3 Å². The third-order valence-corrected chi connectivity index (χ3v) is 2.50. The van der Waals surface area contributed by atoms with E-state index in [9.17, 15) is 4.79 Å². The number of carbonyl (C=O) groups is 1. The molecule has 0 aromatic heterocycles. The second kappa shape index (κ2) is 10.2. The number of carbonyl (C=O) groups excluding carboxylic acids is 1. The second-order valence-corrected chi connectivity index (χ2v) is 4.02. The highest BCUT2D eigenvalue weighted by Gasteiger charge is 2.01. The number of ether oxygens (including phenoxy) is 3. The Morgan fingerprint density at radius 2 is 2.00 bits per heavy atom. The van der Waals surface area contributed by atoms with Crippen molar-refractivity contribution in [1.82, 2.24) is 5.32 Å². The molecule has 112 valence electrons. The van der Waals surface area contributed by atoms with Crippen LogP contribution in [0.25, 0.3) is 0 Å². The normalized spacial score (nSPS) is 10.3. The Labute approximate surface area is 118 Å². The van der Waals surface area contributed by atoms with Gasteiger partial charge in [0.1, 0.15) is 5.75 Å². The average Bonchev–Trinajstić information content (AvgIpc) is 2.49. The highest BCUT2D eigenvalue weighted by atomic mass is 16.6. The number of nitrogens with one attached hydrogen (secondary N) is 1.